The Kier molecular flexibility index (Phi) is 2.44. The predicted molar refractivity (Wildman–Crippen MR) is 56.2 cm³/mol. The van der Waals surface area contributed by atoms with Crippen LogP contribution in [0.25, 0.3) is 6.08 Å². The molecule has 1 aromatic rings. The average Bonchev–Trinajstić information content (AvgIpc) is 2.27. The van der Waals surface area contributed by atoms with Gasteiger partial charge in [-0.05, 0) is 18.9 Å². The average molecular weight is 187 g/mol. The highest BCUT2D eigenvalue weighted by atomic mass is 16.1. The number of Topliss-reactive ketones (excluding diaryl/α,β-unsaturated/α-hetero) is 1. The van der Waals surface area contributed by atoms with E-state index in [9.17, 15) is 4.79 Å². The van der Waals surface area contributed by atoms with Crippen LogP contribution < -0.4 is 0 Å². The summed E-state index contributed by atoms with van der Waals surface area (Å²) in [6.45, 7) is 1.89. The van der Waals surface area contributed by atoms with Crippen LogP contribution in [-0.4, -0.2) is 10.8 Å². The zero-order valence-corrected chi connectivity index (χ0v) is 8.29. The van der Waals surface area contributed by atoms with Gasteiger partial charge in [-0.15, -0.1) is 0 Å². The van der Waals surface area contributed by atoms with E-state index < -0.39 is 0 Å². The van der Waals surface area contributed by atoms with E-state index in [2.05, 4.69) is 11.1 Å². The van der Waals surface area contributed by atoms with Crippen LogP contribution >= 0.6 is 0 Å². The minimum atomic E-state index is 0.204. The molecule has 0 amide bonds. The molecule has 1 aromatic heterocycles. The zero-order valence-electron chi connectivity index (χ0n) is 8.29. The lowest BCUT2D eigenvalue weighted by molar-refractivity contribution is 0.0987. The third kappa shape index (κ3) is 1.48. The molecule has 2 heteroatoms. The molecule has 0 unspecified atom stereocenters. The summed E-state index contributed by atoms with van der Waals surface area (Å²) >= 11 is 0. The van der Waals surface area contributed by atoms with Crippen molar-refractivity contribution in [3.63, 3.8) is 0 Å². The first kappa shape index (κ1) is 9.13. The minimum absolute atomic E-state index is 0.204. The van der Waals surface area contributed by atoms with E-state index in [1.54, 1.807) is 6.20 Å². The molecule has 2 nitrogen and oxygen atoms in total. The van der Waals surface area contributed by atoms with Crippen LogP contribution in [0.1, 0.15) is 41.4 Å². The van der Waals surface area contributed by atoms with Crippen molar-refractivity contribution in [1.82, 2.24) is 4.98 Å². The van der Waals surface area contributed by atoms with Crippen molar-refractivity contribution in [3.8, 4) is 0 Å². The first-order valence-corrected chi connectivity index (χ1v) is 5.00. The molecule has 2 rings (SSSR count). The van der Waals surface area contributed by atoms with Gasteiger partial charge >= 0.3 is 0 Å². The molecular formula is C12H13NO. The van der Waals surface area contributed by atoms with Crippen molar-refractivity contribution in [2.45, 2.75) is 26.2 Å². The normalized spacial score (nSPS) is 13.8. The summed E-state index contributed by atoms with van der Waals surface area (Å²) in [6.07, 6.45) is 8.41. The highest BCUT2D eigenvalue weighted by molar-refractivity contribution is 5.99. The van der Waals surface area contributed by atoms with Gasteiger partial charge in [0.05, 0.1) is 0 Å². The molecule has 0 saturated heterocycles. The molecule has 0 radical (unpaired) electrons. The van der Waals surface area contributed by atoms with E-state index in [0.717, 1.165) is 29.7 Å². The molecule has 1 heterocycles. The van der Waals surface area contributed by atoms with Crippen LogP contribution in [-0.2, 0) is 6.42 Å². The quantitative estimate of drug-likeness (QED) is 0.666. The summed E-state index contributed by atoms with van der Waals surface area (Å²) in [5.74, 6) is 0.204. The van der Waals surface area contributed by atoms with Gasteiger partial charge in [-0.25, -0.2) is 0 Å². The third-order valence-corrected chi connectivity index (χ3v) is 2.53. The summed E-state index contributed by atoms with van der Waals surface area (Å²) < 4.78 is 0. The first-order valence-electron chi connectivity index (χ1n) is 5.00. The van der Waals surface area contributed by atoms with E-state index in [1.807, 2.05) is 19.1 Å². The molecular weight excluding hydrogens is 174 g/mol. The monoisotopic (exact) mass is 187 g/mol. The van der Waals surface area contributed by atoms with Crippen LogP contribution in [0.2, 0.25) is 0 Å². The molecule has 0 fully saturated rings. The zero-order chi connectivity index (χ0) is 9.97. The predicted octanol–water partition coefficient (Wildman–Crippen LogP) is 2.63. The van der Waals surface area contributed by atoms with Crippen molar-refractivity contribution < 1.29 is 4.79 Å². The maximum atomic E-state index is 11.6. The fourth-order valence-corrected chi connectivity index (χ4v) is 1.76. The Hall–Kier alpha value is -1.44. The number of carbonyl (C=O) groups is 1. The van der Waals surface area contributed by atoms with Crippen LogP contribution in [0, 0.1) is 0 Å². The Morgan fingerprint density at radius 3 is 3.21 bits per heavy atom. The van der Waals surface area contributed by atoms with Gasteiger partial charge in [0.2, 0.25) is 0 Å². The fourth-order valence-electron chi connectivity index (χ4n) is 1.76. The molecule has 0 atom stereocenters. The standard InChI is InChI=1S/C12H13NO/c1-2-12(14)10-7-8-13-11-6-4-3-5-9(10)11/h3,5,7-8H,2,4,6H2,1H3. The second-order valence-corrected chi connectivity index (χ2v) is 3.44. The molecule has 14 heavy (non-hydrogen) atoms. The van der Waals surface area contributed by atoms with Crippen LogP contribution in [0.3, 0.4) is 0 Å². The van der Waals surface area contributed by atoms with E-state index in [1.165, 1.54) is 0 Å². The number of allylic oxidation sites excluding steroid dienone is 1. The number of nitrogens with zero attached hydrogens (tertiary/aromatic N) is 1. The highest BCUT2D eigenvalue weighted by Gasteiger charge is 2.13. The van der Waals surface area contributed by atoms with Crippen molar-refractivity contribution in [3.05, 3.63) is 35.2 Å². The summed E-state index contributed by atoms with van der Waals surface area (Å²) in [4.78, 5) is 15.9. The largest absolute Gasteiger partial charge is 0.294 e. The Morgan fingerprint density at radius 2 is 2.43 bits per heavy atom. The second kappa shape index (κ2) is 3.74. The van der Waals surface area contributed by atoms with Crippen LogP contribution in [0.5, 0.6) is 0 Å². The molecule has 0 saturated carbocycles. The topological polar surface area (TPSA) is 30.0 Å². The van der Waals surface area contributed by atoms with Gasteiger partial charge in [-0.3, -0.25) is 9.78 Å². The van der Waals surface area contributed by atoms with Crippen molar-refractivity contribution >= 4 is 11.9 Å². The number of pyridine rings is 1. The van der Waals surface area contributed by atoms with Gasteiger partial charge < -0.3 is 0 Å². The van der Waals surface area contributed by atoms with Crippen molar-refractivity contribution in [1.29, 1.82) is 0 Å². The number of aryl methyl sites for hydroxylation is 1. The Morgan fingerprint density at radius 1 is 1.57 bits per heavy atom. The lowest BCUT2D eigenvalue weighted by Gasteiger charge is -2.12. The molecule has 1 aliphatic rings. The number of hydrogen-bond acceptors (Lipinski definition) is 2. The Balaban J connectivity index is 2.52. The SMILES string of the molecule is CCC(=O)c1ccnc2c1C=CCC2. The molecule has 72 valence electrons. The minimum Gasteiger partial charge on any atom is -0.294 e. The third-order valence-electron chi connectivity index (χ3n) is 2.53. The summed E-state index contributed by atoms with van der Waals surface area (Å²) in [6, 6.07) is 1.82. The van der Waals surface area contributed by atoms with Gasteiger partial charge in [-0.1, -0.05) is 19.1 Å². The number of hydrogen-bond donors (Lipinski definition) is 0. The molecule has 0 N–H and O–H groups in total. The molecule has 0 bridgehead atoms. The summed E-state index contributed by atoms with van der Waals surface area (Å²) in [5, 5.41) is 0. The van der Waals surface area contributed by atoms with Gasteiger partial charge in [0, 0.05) is 29.4 Å². The number of carbonyl (C=O) groups excluding carboxylic acids is 1. The Bertz CT molecular complexity index is 393. The van der Waals surface area contributed by atoms with Crippen molar-refractivity contribution in [2.75, 3.05) is 0 Å². The first-order chi connectivity index (χ1) is 6.83. The smallest absolute Gasteiger partial charge is 0.163 e. The molecule has 0 aliphatic heterocycles. The molecule has 0 spiro atoms. The number of aromatic nitrogens is 1. The maximum absolute atomic E-state index is 11.6. The van der Waals surface area contributed by atoms with Gasteiger partial charge in [0.1, 0.15) is 0 Å². The second-order valence-electron chi connectivity index (χ2n) is 3.44. The van der Waals surface area contributed by atoms with E-state index >= 15 is 0 Å². The summed E-state index contributed by atoms with van der Waals surface area (Å²) in [5.41, 5.74) is 2.92. The lowest BCUT2D eigenvalue weighted by atomic mass is 9.95. The number of ketones is 1. The molecule has 0 aromatic carbocycles. The van der Waals surface area contributed by atoms with E-state index in [4.69, 9.17) is 0 Å². The lowest BCUT2D eigenvalue weighted by Crippen LogP contribution is -2.06. The van der Waals surface area contributed by atoms with Gasteiger partial charge in [0.25, 0.3) is 0 Å². The fraction of sp³-hybridized carbons (Fsp3) is 0.333. The maximum Gasteiger partial charge on any atom is 0.163 e. The van der Waals surface area contributed by atoms with Crippen LogP contribution in [0.4, 0.5) is 0 Å². The number of rotatable bonds is 2. The highest BCUT2D eigenvalue weighted by Crippen LogP contribution is 2.21. The van der Waals surface area contributed by atoms with Gasteiger partial charge in [-0.2, -0.15) is 0 Å². The van der Waals surface area contributed by atoms with E-state index in [0.29, 0.717) is 6.42 Å². The van der Waals surface area contributed by atoms with Gasteiger partial charge in [0.15, 0.2) is 5.78 Å². The number of fused-ring (bicyclic) bond motifs is 1. The van der Waals surface area contributed by atoms with Crippen molar-refractivity contribution in [2.24, 2.45) is 0 Å². The van der Waals surface area contributed by atoms with Crippen LogP contribution in [0.15, 0.2) is 18.3 Å². The van der Waals surface area contributed by atoms with E-state index in [-0.39, 0.29) is 5.78 Å². The Labute approximate surface area is 83.7 Å². The molecule has 1 aliphatic carbocycles. The summed E-state index contributed by atoms with van der Waals surface area (Å²) in [7, 11) is 0.